The van der Waals surface area contributed by atoms with Gasteiger partial charge in [-0.3, -0.25) is 9.59 Å². The number of nitrogens with zero attached hydrogens (tertiary/aromatic N) is 1. The summed E-state index contributed by atoms with van der Waals surface area (Å²) in [5.41, 5.74) is 0.936. The van der Waals surface area contributed by atoms with Crippen molar-refractivity contribution in [3.05, 3.63) is 35.4 Å². The Bertz CT molecular complexity index is 521. The third-order valence-corrected chi connectivity index (χ3v) is 2.98. The van der Waals surface area contributed by atoms with Crippen LogP contribution in [0.4, 0.5) is 0 Å². The van der Waals surface area contributed by atoms with Crippen LogP contribution in [0.2, 0.25) is 0 Å². The number of benzene rings is 1. The van der Waals surface area contributed by atoms with Gasteiger partial charge in [0.1, 0.15) is 0 Å². The van der Waals surface area contributed by atoms with Gasteiger partial charge in [-0.05, 0) is 17.7 Å². The number of carboxylic acid groups (broad SMARTS) is 2. The van der Waals surface area contributed by atoms with E-state index in [0.717, 1.165) is 5.56 Å². The van der Waals surface area contributed by atoms with Gasteiger partial charge in [0.25, 0.3) is 0 Å². The van der Waals surface area contributed by atoms with Crippen LogP contribution in [0.3, 0.4) is 0 Å². The van der Waals surface area contributed by atoms with Crippen LogP contribution in [-0.2, 0) is 16.1 Å². The number of rotatable bonds is 7. The SMILES string of the molecule is CC(C)C(=O)N(CCC(=O)O)Cc1ccc(C(=O)O)cc1. The van der Waals surface area contributed by atoms with E-state index in [2.05, 4.69) is 0 Å². The van der Waals surface area contributed by atoms with Crippen molar-refractivity contribution < 1.29 is 24.6 Å². The van der Waals surface area contributed by atoms with E-state index in [1.807, 2.05) is 0 Å². The number of aromatic carboxylic acids is 1. The summed E-state index contributed by atoms with van der Waals surface area (Å²) in [4.78, 5) is 35.0. The molecule has 0 aliphatic heterocycles. The minimum atomic E-state index is -1.01. The fraction of sp³-hybridized carbons (Fsp3) is 0.400. The monoisotopic (exact) mass is 293 g/mol. The van der Waals surface area contributed by atoms with Crippen molar-refractivity contribution in [2.75, 3.05) is 6.54 Å². The maximum absolute atomic E-state index is 12.1. The highest BCUT2D eigenvalue weighted by Gasteiger charge is 2.18. The quantitative estimate of drug-likeness (QED) is 0.800. The molecule has 1 aromatic carbocycles. The normalized spacial score (nSPS) is 10.4. The Hall–Kier alpha value is -2.37. The predicted molar refractivity (Wildman–Crippen MR) is 75.9 cm³/mol. The Morgan fingerprint density at radius 2 is 1.67 bits per heavy atom. The summed E-state index contributed by atoms with van der Waals surface area (Å²) >= 11 is 0. The first kappa shape index (κ1) is 16.7. The van der Waals surface area contributed by atoms with Gasteiger partial charge in [0, 0.05) is 19.0 Å². The minimum absolute atomic E-state index is 0.119. The van der Waals surface area contributed by atoms with Crippen LogP contribution < -0.4 is 0 Å². The van der Waals surface area contributed by atoms with E-state index in [1.165, 1.54) is 17.0 Å². The summed E-state index contributed by atoms with van der Waals surface area (Å²) in [6.45, 7) is 3.91. The summed E-state index contributed by atoms with van der Waals surface area (Å²) in [5, 5.41) is 17.6. The molecule has 0 radical (unpaired) electrons. The Morgan fingerprint density at radius 3 is 2.10 bits per heavy atom. The highest BCUT2D eigenvalue weighted by molar-refractivity contribution is 5.87. The molecule has 0 atom stereocenters. The number of hydrogen-bond acceptors (Lipinski definition) is 3. The van der Waals surface area contributed by atoms with Crippen molar-refractivity contribution >= 4 is 17.8 Å². The second kappa shape index (κ2) is 7.42. The summed E-state index contributed by atoms with van der Waals surface area (Å²) in [6, 6.07) is 6.19. The first-order valence-electron chi connectivity index (χ1n) is 6.64. The second-order valence-electron chi connectivity index (χ2n) is 5.06. The van der Waals surface area contributed by atoms with E-state index in [9.17, 15) is 14.4 Å². The average Bonchev–Trinajstić information content (AvgIpc) is 2.42. The molecule has 2 N–H and O–H groups in total. The zero-order valence-corrected chi connectivity index (χ0v) is 12.1. The van der Waals surface area contributed by atoms with Crippen LogP contribution in [-0.4, -0.2) is 39.5 Å². The molecule has 0 saturated carbocycles. The van der Waals surface area contributed by atoms with Crippen LogP contribution in [0.25, 0.3) is 0 Å². The fourth-order valence-electron chi connectivity index (χ4n) is 1.84. The Balaban J connectivity index is 2.81. The van der Waals surface area contributed by atoms with E-state index in [0.29, 0.717) is 0 Å². The van der Waals surface area contributed by atoms with Crippen molar-refractivity contribution in [3.8, 4) is 0 Å². The number of hydrogen-bond donors (Lipinski definition) is 2. The molecule has 0 aliphatic carbocycles. The lowest BCUT2D eigenvalue weighted by molar-refractivity contribution is -0.139. The molecule has 0 bridgehead atoms. The van der Waals surface area contributed by atoms with Gasteiger partial charge in [-0.1, -0.05) is 26.0 Å². The maximum atomic E-state index is 12.1. The highest BCUT2D eigenvalue weighted by atomic mass is 16.4. The van der Waals surface area contributed by atoms with Crippen molar-refractivity contribution in [2.24, 2.45) is 5.92 Å². The van der Waals surface area contributed by atoms with E-state index in [-0.39, 0.29) is 36.9 Å². The lowest BCUT2D eigenvalue weighted by Crippen LogP contribution is -2.35. The molecule has 0 heterocycles. The number of amides is 1. The lowest BCUT2D eigenvalue weighted by Gasteiger charge is -2.24. The van der Waals surface area contributed by atoms with Crippen LogP contribution in [0.5, 0.6) is 0 Å². The van der Waals surface area contributed by atoms with Crippen LogP contribution in [0.15, 0.2) is 24.3 Å². The summed E-state index contributed by atoms with van der Waals surface area (Å²) in [7, 11) is 0. The van der Waals surface area contributed by atoms with Crippen molar-refractivity contribution in [1.82, 2.24) is 4.90 Å². The molecule has 1 rings (SSSR count). The third-order valence-electron chi connectivity index (χ3n) is 2.98. The van der Waals surface area contributed by atoms with Gasteiger partial charge in [-0.15, -0.1) is 0 Å². The molecule has 1 amide bonds. The molecule has 0 spiro atoms. The molecule has 21 heavy (non-hydrogen) atoms. The molecule has 0 aliphatic rings. The number of carboxylic acids is 2. The van der Waals surface area contributed by atoms with Crippen molar-refractivity contribution in [3.63, 3.8) is 0 Å². The highest BCUT2D eigenvalue weighted by Crippen LogP contribution is 2.11. The maximum Gasteiger partial charge on any atom is 0.335 e. The van der Waals surface area contributed by atoms with E-state index in [4.69, 9.17) is 10.2 Å². The second-order valence-corrected chi connectivity index (χ2v) is 5.06. The molecule has 6 nitrogen and oxygen atoms in total. The zero-order valence-electron chi connectivity index (χ0n) is 12.1. The number of carbonyl (C=O) groups is 3. The Kier molecular flexibility index (Phi) is 5.90. The summed E-state index contributed by atoms with van der Waals surface area (Å²) < 4.78 is 0. The molecule has 0 saturated heterocycles. The van der Waals surface area contributed by atoms with Crippen LogP contribution in [0.1, 0.15) is 36.2 Å². The van der Waals surface area contributed by atoms with Gasteiger partial charge in [-0.2, -0.15) is 0 Å². The number of aliphatic carboxylic acids is 1. The van der Waals surface area contributed by atoms with Crippen molar-refractivity contribution in [1.29, 1.82) is 0 Å². The largest absolute Gasteiger partial charge is 0.481 e. The average molecular weight is 293 g/mol. The van der Waals surface area contributed by atoms with E-state index >= 15 is 0 Å². The molecular weight excluding hydrogens is 274 g/mol. The fourth-order valence-corrected chi connectivity index (χ4v) is 1.84. The van der Waals surface area contributed by atoms with Gasteiger partial charge in [0.05, 0.1) is 12.0 Å². The van der Waals surface area contributed by atoms with Gasteiger partial charge >= 0.3 is 11.9 Å². The standard InChI is InChI=1S/C15H19NO5/c1-10(2)14(19)16(8-7-13(17)18)9-11-3-5-12(6-4-11)15(20)21/h3-6,10H,7-9H2,1-2H3,(H,17,18)(H,20,21). The molecule has 1 aromatic rings. The topological polar surface area (TPSA) is 94.9 Å². The van der Waals surface area contributed by atoms with Gasteiger partial charge in [0.15, 0.2) is 0 Å². The summed E-state index contributed by atoms with van der Waals surface area (Å²) in [5.74, 6) is -2.32. The number of carbonyl (C=O) groups excluding carboxylic acids is 1. The van der Waals surface area contributed by atoms with E-state index < -0.39 is 11.9 Å². The smallest absolute Gasteiger partial charge is 0.335 e. The molecule has 114 valence electrons. The predicted octanol–water partition coefficient (Wildman–Crippen LogP) is 1.84. The molecule has 0 unspecified atom stereocenters. The molecular formula is C15H19NO5. The summed E-state index contributed by atoms with van der Waals surface area (Å²) in [6.07, 6.45) is -0.119. The lowest BCUT2D eigenvalue weighted by atomic mass is 10.1. The van der Waals surface area contributed by atoms with Crippen molar-refractivity contribution in [2.45, 2.75) is 26.8 Å². The van der Waals surface area contributed by atoms with E-state index in [1.54, 1.807) is 26.0 Å². The molecule has 0 fully saturated rings. The zero-order chi connectivity index (χ0) is 16.0. The van der Waals surface area contributed by atoms with Gasteiger partial charge < -0.3 is 15.1 Å². The molecule has 6 heteroatoms. The minimum Gasteiger partial charge on any atom is -0.481 e. The van der Waals surface area contributed by atoms with Gasteiger partial charge in [-0.25, -0.2) is 4.79 Å². The first-order chi connectivity index (χ1) is 9.81. The van der Waals surface area contributed by atoms with Crippen LogP contribution in [0, 0.1) is 5.92 Å². The van der Waals surface area contributed by atoms with Crippen LogP contribution >= 0.6 is 0 Å². The Labute approximate surface area is 123 Å². The van der Waals surface area contributed by atoms with Gasteiger partial charge in [0.2, 0.25) is 5.91 Å². The molecule has 0 aromatic heterocycles. The Morgan fingerprint density at radius 1 is 1.10 bits per heavy atom. The third kappa shape index (κ3) is 5.25. The first-order valence-corrected chi connectivity index (χ1v) is 6.64.